The Labute approximate surface area is 264 Å². The highest BCUT2D eigenvalue weighted by atomic mass is 31.2. The molecule has 0 fully saturated rings. The zero-order chi connectivity index (χ0) is 32.2. The number of hydrogen-bond donors (Lipinski definition) is 3. The number of nitrogens with zero attached hydrogens (tertiary/aromatic N) is 1. The quantitative estimate of drug-likeness (QED) is 0.0335. The number of allylic oxidation sites excluding steroid dienone is 5. The van der Waals surface area contributed by atoms with Gasteiger partial charge in [-0.15, -0.1) is 0 Å². The van der Waals surface area contributed by atoms with Crippen molar-refractivity contribution in [2.45, 2.75) is 135 Å². The molecule has 0 aromatic heterocycles. The van der Waals surface area contributed by atoms with Crippen molar-refractivity contribution in [1.29, 1.82) is 0 Å². The molecule has 0 aliphatic rings. The van der Waals surface area contributed by atoms with Gasteiger partial charge in [0.05, 0.1) is 39.9 Å². The Morgan fingerprint density at radius 2 is 1.28 bits per heavy atom. The van der Waals surface area contributed by atoms with E-state index in [1.54, 1.807) is 6.08 Å². The second-order valence-electron chi connectivity index (χ2n) is 12.5. The number of phosphoric acid groups is 1. The Morgan fingerprint density at radius 3 is 1.86 bits per heavy atom. The Kier molecular flexibility index (Phi) is 26.3. The van der Waals surface area contributed by atoms with Crippen LogP contribution in [0.5, 0.6) is 0 Å². The lowest BCUT2D eigenvalue weighted by Gasteiger charge is -2.25. The normalized spacial score (nSPS) is 15.4. The van der Waals surface area contributed by atoms with Crippen molar-refractivity contribution in [3.63, 3.8) is 0 Å². The molecule has 8 nitrogen and oxygen atoms in total. The second kappa shape index (κ2) is 27.1. The summed E-state index contributed by atoms with van der Waals surface area (Å²) in [6.45, 7) is 4.66. The fourth-order valence-electron chi connectivity index (χ4n) is 4.30. The highest BCUT2D eigenvalue weighted by Crippen LogP contribution is 2.43. The van der Waals surface area contributed by atoms with E-state index < -0.39 is 20.0 Å². The number of carbonyl (C=O) groups excluding carboxylic acids is 1. The number of rotatable bonds is 29. The molecule has 0 radical (unpaired) electrons. The molecule has 0 spiro atoms. The molecule has 3 atom stereocenters. The third-order valence-corrected chi connectivity index (χ3v) is 8.07. The molecule has 0 aromatic rings. The number of phosphoric ester groups is 1. The van der Waals surface area contributed by atoms with Gasteiger partial charge in [0.15, 0.2) is 0 Å². The van der Waals surface area contributed by atoms with E-state index in [4.69, 9.17) is 9.05 Å². The van der Waals surface area contributed by atoms with Gasteiger partial charge in [-0.3, -0.25) is 13.8 Å². The SMILES string of the molecule is CCCCCCC/C=C/CC/C=C/CC/C=C/C(O)C(COP(=O)(O)OCC[N+](C)(C)C)NC(=O)CCCCCCCC. The maximum Gasteiger partial charge on any atom is 0.472 e. The molecule has 252 valence electrons. The number of nitrogens with one attached hydrogen (secondary N) is 1. The van der Waals surface area contributed by atoms with Crippen LogP contribution in [0.3, 0.4) is 0 Å². The largest absolute Gasteiger partial charge is 0.472 e. The first kappa shape index (κ1) is 41.7. The van der Waals surface area contributed by atoms with E-state index in [2.05, 4.69) is 43.5 Å². The maximum absolute atomic E-state index is 12.6. The average Bonchev–Trinajstić information content (AvgIpc) is 2.94. The van der Waals surface area contributed by atoms with Crippen LogP contribution in [0, 0.1) is 0 Å². The van der Waals surface area contributed by atoms with Crippen LogP contribution in [-0.4, -0.2) is 73.4 Å². The highest BCUT2D eigenvalue weighted by Gasteiger charge is 2.27. The summed E-state index contributed by atoms with van der Waals surface area (Å²) in [6.07, 6.45) is 29.5. The van der Waals surface area contributed by atoms with E-state index in [1.807, 2.05) is 27.2 Å². The number of hydrogen-bond acceptors (Lipinski definition) is 5. The average molecular weight is 630 g/mol. The lowest BCUT2D eigenvalue weighted by Crippen LogP contribution is -2.45. The number of unbranched alkanes of at least 4 members (excludes halogenated alkanes) is 12. The topological polar surface area (TPSA) is 105 Å². The molecule has 0 heterocycles. The van der Waals surface area contributed by atoms with E-state index in [9.17, 15) is 19.4 Å². The molecule has 1 amide bonds. The van der Waals surface area contributed by atoms with Gasteiger partial charge in [0.1, 0.15) is 13.2 Å². The Bertz CT molecular complexity index is 809. The van der Waals surface area contributed by atoms with E-state index in [-0.39, 0.29) is 19.1 Å². The minimum Gasteiger partial charge on any atom is -0.387 e. The fourth-order valence-corrected chi connectivity index (χ4v) is 5.04. The van der Waals surface area contributed by atoms with Crippen LogP contribution in [0.1, 0.15) is 123 Å². The van der Waals surface area contributed by atoms with Crippen molar-refractivity contribution in [2.24, 2.45) is 0 Å². The molecule has 0 aliphatic heterocycles. The fraction of sp³-hybridized carbons (Fsp3) is 0.794. The van der Waals surface area contributed by atoms with Gasteiger partial charge in [0.2, 0.25) is 5.91 Å². The lowest BCUT2D eigenvalue weighted by atomic mass is 10.1. The van der Waals surface area contributed by atoms with Gasteiger partial charge in [-0.1, -0.05) is 108 Å². The van der Waals surface area contributed by atoms with Crippen LogP contribution in [0.25, 0.3) is 0 Å². The third kappa shape index (κ3) is 29.2. The monoisotopic (exact) mass is 629 g/mol. The molecule has 43 heavy (non-hydrogen) atoms. The molecule has 0 aliphatic carbocycles. The summed E-state index contributed by atoms with van der Waals surface area (Å²) in [5, 5.41) is 13.6. The first-order valence-electron chi connectivity index (χ1n) is 16.9. The molecule has 3 unspecified atom stereocenters. The summed E-state index contributed by atoms with van der Waals surface area (Å²) < 4.78 is 23.2. The zero-order valence-electron chi connectivity index (χ0n) is 28.2. The molecule has 0 aromatic carbocycles. The predicted molar refractivity (Wildman–Crippen MR) is 180 cm³/mol. The Hall–Kier alpha value is -1.28. The van der Waals surface area contributed by atoms with Crippen molar-refractivity contribution >= 4 is 13.7 Å². The number of aliphatic hydroxyl groups excluding tert-OH is 1. The molecule has 0 saturated heterocycles. The number of aliphatic hydroxyl groups is 1. The Morgan fingerprint density at radius 1 is 0.767 bits per heavy atom. The molecule has 9 heteroatoms. The van der Waals surface area contributed by atoms with Crippen LogP contribution in [0.2, 0.25) is 0 Å². The maximum atomic E-state index is 12.6. The van der Waals surface area contributed by atoms with Crippen LogP contribution >= 0.6 is 7.82 Å². The van der Waals surface area contributed by atoms with Crippen molar-refractivity contribution in [3.05, 3.63) is 36.5 Å². The van der Waals surface area contributed by atoms with Crippen LogP contribution < -0.4 is 5.32 Å². The van der Waals surface area contributed by atoms with Gasteiger partial charge in [-0.2, -0.15) is 0 Å². The number of quaternary nitrogens is 1. The Balaban J connectivity index is 4.65. The zero-order valence-corrected chi connectivity index (χ0v) is 29.1. The minimum atomic E-state index is -4.33. The number of amides is 1. The van der Waals surface area contributed by atoms with Gasteiger partial charge < -0.3 is 19.8 Å². The molecule has 0 bridgehead atoms. The molecule has 0 saturated carbocycles. The van der Waals surface area contributed by atoms with Crippen molar-refractivity contribution in [2.75, 3.05) is 40.9 Å². The van der Waals surface area contributed by atoms with E-state index in [1.165, 1.54) is 57.8 Å². The molecule has 0 rings (SSSR count). The van der Waals surface area contributed by atoms with Gasteiger partial charge in [-0.05, 0) is 44.9 Å². The molecular weight excluding hydrogens is 563 g/mol. The van der Waals surface area contributed by atoms with E-state index in [0.29, 0.717) is 17.4 Å². The van der Waals surface area contributed by atoms with E-state index >= 15 is 0 Å². The summed E-state index contributed by atoms with van der Waals surface area (Å²) in [4.78, 5) is 22.7. The predicted octanol–water partition coefficient (Wildman–Crippen LogP) is 8.01. The summed E-state index contributed by atoms with van der Waals surface area (Å²) >= 11 is 0. The highest BCUT2D eigenvalue weighted by molar-refractivity contribution is 7.47. The minimum absolute atomic E-state index is 0.0533. The van der Waals surface area contributed by atoms with Crippen LogP contribution in [0.4, 0.5) is 0 Å². The molecular formula is C34H66N2O6P+. The number of carbonyl (C=O) groups is 1. The standard InChI is InChI=1S/C34H65N2O6P/c1-6-8-10-12-14-15-16-17-18-19-20-21-22-23-25-27-33(37)32(35-34(38)28-26-24-13-11-9-7-2)31-42-43(39,40)41-30-29-36(3,4)5/h16-17,20-21,25,27,32-33,37H,6-15,18-19,22-24,26,28-31H2,1-5H3,(H-,35,38,39,40)/p+1/b17-16+,21-20+,27-25+. The van der Waals surface area contributed by atoms with Crippen LogP contribution in [0.15, 0.2) is 36.5 Å². The summed E-state index contributed by atoms with van der Waals surface area (Å²) in [5.41, 5.74) is 0. The molecule has 3 N–H and O–H groups in total. The van der Waals surface area contributed by atoms with Gasteiger partial charge in [0, 0.05) is 6.42 Å². The second-order valence-corrected chi connectivity index (χ2v) is 14.0. The van der Waals surface area contributed by atoms with Crippen molar-refractivity contribution in [1.82, 2.24) is 5.32 Å². The smallest absolute Gasteiger partial charge is 0.387 e. The number of likely N-dealkylation sites (N-methyl/N-ethyl adjacent to an activating group) is 1. The van der Waals surface area contributed by atoms with Gasteiger partial charge in [0.25, 0.3) is 0 Å². The summed E-state index contributed by atoms with van der Waals surface area (Å²) in [5.74, 6) is -0.205. The lowest BCUT2D eigenvalue weighted by molar-refractivity contribution is -0.870. The van der Waals surface area contributed by atoms with Crippen molar-refractivity contribution in [3.8, 4) is 0 Å². The third-order valence-electron chi connectivity index (χ3n) is 7.09. The van der Waals surface area contributed by atoms with Gasteiger partial charge in [-0.25, -0.2) is 4.57 Å². The first-order valence-corrected chi connectivity index (χ1v) is 18.4. The summed E-state index contributed by atoms with van der Waals surface area (Å²) in [7, 11) is 1.54. The van der Waals surface area contributed by atoms with E-state index in [0.717, 1.165) is 44.9 Å². The van der Waals surface area contributed by atoms with Gasteiger partial charge >= 0.3 is 7.82 Å². The van der Waals surface area contributed by atoms with Crippen LogP contribution in [-0.2, 0) is 18.4 Å². The first-order chi connectivity index (χ1) is 20.5. The summed E-state index contributed by atoms with van der Waals surface area (Å²) in [6, 6.07) is -0.861. The van der Waals surface area contributed by atoms with Crippen molar-refractivity contribution < 1.29 is 32.9 Å².